The summed E-state index contributed by atoms with van der Waals surface area (Å²) in [5.74, 6) is 0.140. The van der Waals surface area contributed by atoms with Crippen molar-refractivity contribution in [3.63, 3.8) is 0 Å². The van der Waals surface area contributed by atoms with E-state index in [4.69, 9.17) is 0 Å². The number of aryl methyl sites for hydroxylation is 1. The predicted molar refractivity (Wildman–Crippen MR) is 81.0 cm³/mol. The number of benzene rings is 3. The number of hydrogen-bond donors (Lipinski definition) is 1. The lowest BCUT2D eigenvalue weighted by Crippen LogP contribution is -1.77. The Hall–Kier alpha value is -2.68. The Morgan fingerprint density at radius 3 is 2.45 bits per heavy atom. The molecule has 3 nitrogen and oxygen atoms in total. The van der Waals surface area contributed by atoms with E-state index >= 15 is 0 Å². The molecule has 0 saturated carbocycles. The first-order valence-electron chi connectivity index (χ1n) is 6.43. The number of hydrogen-bond acceptors (Lipinski definition) is 3. The van der Waals surface area contributed by atoms with Gasteiger partial charge in [0, 0.05) is 5.39 Å². The zero-order chi connectivity index (χ0) is 13.9. The Morgan fingerprint density at radius 1 is 0.850 bits per heavy atom. The van der Waals surface area contributed by atoms with Crippen LogP contribution in [0.3, 0.4) is 0 Å². The van der Waals surface area contributed by atoms with Gasteiger partial charge in [0.15, 0.2) is 0 Å². The molecule has 0 amide bonds. The summed E-state index contributed by atoms with van der Waals surface area (Å²) in [6.07, 6.45) is 0. The van der Waals surface area contributed by atoms with Crippen LogP contribution in [0.5, 0.6) is 5.75 Å². The Bertz CT molecular complexity index is 780. The lowest BCUT2D eigenvalue weighted by molar-refractivity contribution is 0.477. The minimum Gasteiger partial charge on any atom is -0.506 e. The predicted octanol–water partition coefficient (Wildman–Crippen LogP) is 5.27. The van der Waals surface area contributed by atoms with Crippen LogP contribution in [0, 0.1) is 6.92 Å². The molecule has 0 aliphatic carbocycles. The maximum atomic E-state index is 10.0. The molecule has 3 heteroatoms. The molecule has 0 heterocycles. The fraction of sp³-hybridized carbons (Fsp3) is 0.0588. The van der Waals surface area contributed by atoms with Crippen LogP contribution in [0.25, 0.3) is 10.8 Å². The molecule has 0 saturated heterocycles. The zero-order valence-corrected chi connectivity index (χ0v) is 11.1. The number of phenolic OH excluding ortho intramolecular Hbond substituents is 1. The van der Waals surface area contributed by atoms with Crippen LogP contribution >= 0.6 is 0 Å². The molecule has 3 aromatic carbocycles. The van der Waals surface area contributed by atoms with Gasteiger partial charge < -0.3 is 5.11 Å². The molecule has 0 bridgehead atoms. The van der Waals surface area contributed by atoms with Crippen molar-refractivity contribution in [2.75, 3.05) is 0 Å². The molecular weight excluding hydrogens is 248 g/mol. The van der Waals surface area contributed by atoms with Crippen molar-refractivity contribution in [2.24, 2.45) is 10.2 Å². The van der Waals surface area contributed by atoms with Gasteiger partial charge in [0.05, 0.1) is 5.69 Å². The van der Waals surface area contributed by atoms with Gasteiger partial charge in [0.25, 0.3) is 0 Å². The minimum atomic E-state index is 0.140. The standard InChI is InChI=1S/C17H14N2O/c1-12-7-9-15-13(11-12)8-10-16(20)17(15)19-18-14-5-3-2-4-6-14/h2-11,20H,1H3. The molecule has 3 aromatic rings. The number of aromatic hydroxyl groups is 1. The fourth-order valence-corrected chi connectivity index (χ4v) is 2.13. The minimum absolute atomic E-state index is 0.140. The average Bonchev–Trinajstić information content (AvgIpc) is 2.47. The van der Waals surface area contributed by atoms with Gasteiger partial charge in [0.1, 0.15) is 11.4 Å². The molecule has 98 valence electrons. The van der Waals surface area contributed by atoms with E-state index in [-0.39, 0.29) is 5.75 Å². The second-order valence-electron chi connectivity index (χ2n) is 4.69. The molecule has 0 aliphatic rings. The summed E-state index contributed by atoms with van der Waals surface area (Å²) in [5, 5.41) is 20.3. The second-order valence-corrected chi connectivity index (χ2v) is 4.69. The largest absolute Gasteiger partial charge is 0.506 e. The molecule has 0 fully saturated rings. The van der Waals surface area contributed by atoms with Crippen LogP contribution in [0.4, 0.5) is 11.4 Å². The molecular formula is C17H14N2O. The van der Waals surface area contributed by atoms with E-state index in [0.29, 0.717) is 5.69 Å². The van der Waals surface area contributed by atoms with Gasteiger partial charge in [0.2, 0.25) is 0 Å². The first-order valence-corrected chi connectivity index (χ1v) is 6.43. The molecule has 0 radical (unpaired) electrons. The molecule has 1 N–H and O–H groups in total. The number of fused-ring (bicyclic) bond motifs is 1. The Morgan fingerprint density at radius 2 is 1.65 bits per heavy atom. The monoisotopic (exact) mass is 262 g/mol. The smallest absolute Gasteiger partial charge is 0.143 e. The highest BCUT2D eigenvalue weighted by Crippen LogP contribution is 2.36. The van der Waals surface area contributed by atoms with Crippen LogP contribution in [-0.2, 0) is 0 Å². The average molecular weight is 262 g/mol. The number of rotatable bonds is 2. The molecule has 0 unspecified atom stereocenters. The third-order valence-electron chi connectivity index (χ3n) is 3.15. The maximum Gasteiger partial charge on any atom is 0.143 e. The van der Waals surface area contributed by atoms with Gasteiger partial charge in [-0.25, -0.2) is 0 Å². The van der Waals surface area contributed by atoms with Crippen molar-refractivity contribution in [3.8, 4) is 5.75 Å². The summed E-state index contributed by atoms with van der Waals surface area (Å²) in [6.45, 7) is 2.04. The summed E-state index contributed by atoms with van der Waals surface area (Å²) < 4.78 is 0. The first-order chi connectivity index (χ1) is 9.74. The summed E-state index contributed by atoms with van der Waals surface area (Å²) in [6, 6.07) is 19.0. The zero-order valence-electron chi connectivity index (χ0n) is 11.1. The van der Waals surface area contributed by atoms with Crippen LogP contribution in [0.1, 0.15) is 5.56 Å². The third-order valence-corrected chi connectivity index (χ3v) is 3.15. The van der Waals surface area contributed by atoms with E-state index in [0.717, 1.165) is 16.5 Å². The van der Waals surface area contributed by atoms with Crippen molar-refractivity contribution in [3.05, 3.63) is 66.2 Å². The lowest BCUT2D eigenvalue weighted by atomic mass is 10.1. The summed E-state index contributed by atoms with van der Waals surface area (Å²) >= 11 is 0. The molecule has 0 aromatic heterocycles. The van der Waals surface area contributed by atoms with Crippen molar-refractivity contribution in [1.29, 1.82) is 0 Å². The van der Waals surface area contributed by atoms with Gasteiger partial charge in [-0.2, -0.15) is 5.11 Å². The third kappa shape index (κ3) is 2.38. The second kappa shape index (κ2) is 5.13. The Kier molecular flexibility index (Phi) is 3.17. The van der Waals surface area contributed by atoms with Gasteiger partial charge in [-0.05, 0) is 30.5 Å². The van der Waals surface area contributed by atoms with Crippen LogP contribution in [0.2, 0.25) is 0 Å². The van der Waals surface area contributed by atoms with Crippen LogP contribution < -0.4 is 0 Å². The van der Waals surface area contributed by atoms with Crippen LogP contribution in [-0.4, -0.2) is 5.11 Å². The highest BCUT2D eigenvalue weighted by molar-refractivity contribution is 5.95. The van der Waals surface area contributed by atoms with Gasteiger partial charge in [-0.15, -0.1) is 5.11 Å². The maximum absolute atomic E-state index is 10.0. The van der Waals surface area contributed by atoms with E-state index < -0.39 is 0 Å². The molecule has 0 aliphatic heterocycles. The quantitative estimate of drug-likeness (QED) is 0.628. The first kappa shape index (κ1) is 12.4. The fourth-order valence-electron chi connectivity index (χ4n) is 2.13. The van der Waals surface area contributed by atoms with Gasteiger partial charge >= 0.3 is 0 Å². The van der Waals surface area contributed by atoms with Crippen molar-refractivity contribution in [1.82, 2.24) is 0 Å². The van der Waals surface area contributed by atoms with Crippen LogP contribution in [0.15, 0.2) is 70.9 Å². The van der Waals surface area contributed by atoms with E-state index in [1.165, 1.54) is 5.56 Å². The Balaban J connectivity index is 2.11. The highest BCUT2D eigenvalue weighted by Gasteiger charge is 2.06. The van der Waals surface area contributed by atoms with Crippen molar-refractivity contribution < 1.29 is 5.11 Å². The molecule has 3 rings (SSSR count). The SMILES string of the molecule is Cc1ccc2c(N=Nc3ccccc3)c(O)ccc2c1. The lowest BCUT2D eigenvalue weighted by Gasteiger charge is -2.04. The summed E-state index contributed by atoms with van der Waals surface area (Å²) in [5.41, 5.74) is 2.44. The normalized spacial score (nSPS) is 11.2. The number of phenols is 1. The van der Waals surface area contributed by atoms with E-state index in [1.807, 2.05) is 55.5 Å². The molecule has 0 atom stereocenters. The summed E-state index contributed by atoms with van der Waals surface area (Å²) in [4.78, 5) is 0. The molecule has 0 spiro atoms. The topological polar surface area (TPSA) is 45.0 Å². The van der Waals surface area contributed by atoms with E-state index in [2.05, 4.69) is 16.3 Å². The van der Waals surface area contributed by atoms with E-state index in [9.17, 15) is 5.11 Å². The van der Waals surface area contributed by atoms with E-state index in [1.54, 1.807) is 6.07 Å². The molecule has 20 heavy (non-hydrogen) atoms. The Labute approximate surface area is 117 Å². The van der Waals surface area contributed by atoms with Crippen molar-refractivity contribution >= 4 is 22.1 Å². The summed E-state index contributed by atoms with van der Waals surface area (Å²) in [7, 11) is 0. The van der Waals surface area contributed by atoms with Gasteiger partial charge in [-0.1, -0.05) is 48.0 Å². The van der Waals surface area contributed by atoms with Crippen molar-refractivity contribution in [2.45, 2.75) is 6.92 Å². The number of azo groups is 1. The van der Waals surface area contributed by atoms with Gasteiger partial charge in [-0.3, -0.25) is 0 Å². The highest BCUT2D eigenvalue weighted by atomic mass is 16.3. The number of nitrogens with zero attached hydrogens (tertiary/aromatic N) is 2.